The van der Waals surface area contributed by atoms with Crippen LogP contribution in [0.25, 0.3) is 10.9 Å². The second kappa shape index (κ2) is 6.12. The predicted octanol–water partition coefficient (Wildman–Crippen LogP) is 2.86. The monoisotopic (exact) mass is 348 g/mol. The molecule has 0 N–H and O–H groups in total. The molecule has 2 atom stereocenters. The lowest BCUT2D eigenvalue weighted by atomic mass is 10.1. The van der Waals surface area contributed by atoms with Crippen molar-refractivity contribution in [1.82, 2.24) is 9.88 Å². The van der Waals surface area contributed by atoms with Crippen LogP contribution in [0.2, 0.25) is 0 Å². The minimum absolute atomic E-state index is 0.0513. The normalized spacial score (nSPS) is 22.5. The Kier molecular flexibility index (Phi) is 4.22. The first-order valence-electron chi connectivity index (χ1n) is 7.03. The zero-order valence-electron chi connectivity index (χ0n) is 11.8. The van der Waals surface area contributed by atoms with Crippen molar-refractivity contribution >= 4 is 32.7 Å². The summed E-state index contributed by atoms with van der Waals surface area (Å²) in [5.74, 6) is 0.0513. The zero-order valence-corrected chi connectivity index (χ0v) is 13.4. The molecule has 1 amide bonds. The van der Waals surface area contributed by atoms with Crippen LogP contribution in [0.4, 0.5) is 0 Å². The van der Waals surface area contributed by atoms with Gasteiger partial charge in [0.2, 0.25) is 0 Å². The SMILES string of the molecule is CC1COC(CBr)CN1C(=O)c1ccnc2ccccc12. The minimum atomic E-state index is 0.0513. The highest BCUT2D eigenvalue weighted by Crippen LogP contribution is 2.21. The van der Waals surface area contributed by atoms with Crippen molar-refractivity contribution in [2.45, 2.75) is 19.1 Å². The highest BCUT2D eigenvalue weighted by atomic mass is 79.9. The van der Waals surface area contributed by atoms with Crippen molar-refractivity contribution in [3.05, 3.63) is 42.1 Å². The van der Waals surface area contributed by atoms with Gasteiger partial charge in [0.15, 0.2) is 0 Å². The van der Waals surface area contributed by atoms with Gasteiger partial charge in [0, 0.05) is 23.5 Å². The van der Waals surface area contributed by atoms with Crippen molar-refractivity contribution < 1.29 is 9.53 Å². The van der Waals surface area contributed by atoms with E-state index in [0.29, 0.717) is 18.7 Å². The van der Waals surface area contributed by atoms with Gasteiger partial charge in [-0.3, -0.25) is 9.78 Å². The average molecular weight is 349 g/mol. The number of amides is 1. The van der Waals surface area contributed by atoms with Crippen LogP contribution in [0.3, 0.4) is 0 Å². The summed E-state index contributed by atoms with van der Waals surface area (Å²) in [7, 11) is 0. The van der Waals surface area contributed by atoms with Crippen LogP contribution in [0.1, 0.15) is 17.3 Å². The van der Waals surface area contributed by atoms with Gasteiger partial charge in [-0.05, 0) is 19.1 Å². The number of ether oxygens (including phenoxy) is 1. The summed E-state index contributed by atoms with van der Waals surface area (Å²) in [6.45, 7) is 3.21. The van der Waals surface area contributed by atoms with E-state index in [2.05, 4.69) is 20.9 Å². The third-order valence-corrected chi connectivity index (χ3v) is 4.54. The number of para-hydroxylation sites is 1. The Morgan fingerprint density at radius 3 is 3.05 bits per heavy atom. The van der Waals surface area contributed by atoms with E-state index >= 15 is 0 Å². The second-order valence-electron chi connectivity index (χ2n) is 5.29. The smallest absolute Gasteiger partial charge is 0.255 e. The van der Waals surface area contributed by atoms with Gasteiger partial charge in [0.25, 0.3) is 5.91 Å². The molecule has 0 bridgehead atoms. The lowest BCUT2D eigenvalue weighted by molar-refractivity contribution is -0.0360. The van der Waals surface area contributed by atoms with Crippen molar-refractivity contribution in [2.75, 3.05) is 18.5 Å². The first-order chi connectivity index (χ1) is 10.2. The summed E-state index contributed by atoms with van der Waals surface area (Å²) in [4.78, 5) is 19.1. The fourth-order valence-electron chi connectivity index (χ4n) is 2.63. The molecule has 2 aromatic rings. The van der Waals surface area contributed by atoms with Crippen LogP contribution in [0.5, 0.6) is 0 Å². The third kappa shape index (κ3) is 2.80. The number of alkyl halides is 1. The fraction of sp³-hybridized carbons (Fsp3) is 0.375. The number of carbonyl (C=O) groups is 1. The Labute approximate surface area is 132 Å². The highest BCUT2D eigenvalue weighted by Gasteiger charge is 2.30. The molecule has 1 saturated heterocycles. The summed E-state index contributed by atoms with van der Waals surface area (Å²) < 4.78 is 5.69. The minimum Gasteiger partial charge on any atom is -0.373 e. The van der Waals surface area contributed by atoms with Gasteiger partial charge in [-0.25, -0.2) is 0 Å². The van der Waals surface area contributed by atoms with Crippen LogP contribution in [-0.2, 0) is 4.74 Å². The van der Waals surface area contributed by atoms with E-state index in [0.717, 1.165) is 16.2 Å². The first-order valence-corrected chi connectivity index (χ1v) is 8.15. The van der Waals surface area contributed by atoms with Gasteiger partial charge in [-0.1, -0.05) is 34.1 Å². The molecule has 1 aromatic heterocycles. The number of pyridine rings is 1. The quantitative estimate of drug-likeness (QED) is 0.783. The maximum Gasteiger partial charge on any atom is 0.255 e. The Morgan fingerprint density at radius 1 is 1.43 bits per heavy atom. The molecule has 0 radical (unpaired) electrons. The van der Waals surface area contributed by atoms with Crippen LogP contribution in [0, 0.1) is 0 Å². The molecular formula is C16H17BrN2O2. The molecule has 0 saturated carbocycles. The largest absolute Gasteiger partial charge is 0.373 e. The molecule has 1 fully saturated rings. The maximum absolute atomic E-state index is 12.9. The molecule has 4 nitrogen and oxygen atoms in total. The standard InChI is InChI=1S/C16H17BrN2O2/c1-11-10-21-12(8-17)9-19(11)16(20)14-6-7-18-15-5-3-2-4-13(14)15/h2-7,11-12H,8-10H2,1H3. The number of benzene rings is 1. The number of aromatic nitrogens is 1. The van der Waals surface area contributed by atoms with Crippen molar-refractivity contribution in [3.63, 3.8) is 0 Å². The lowest BCUT2D eigenvalue weighted by Crippen LogP contribution is -2.51. The number of hydrogen-bond acceptors (Lipinski definition) is 3. The summed E-state index contributed by atoms with van der Waals surface area (Å²) in [5, 5.41) is 1.64. The van der Waals surface area contributed by atoms with Crippen LogP contribution in [-0.4, -0.2) is 46.4 Å². The van der Waals surface area contributed by atoms with E-state index in [-0.39, 0.29) is 18.1 Å². The molecule has 110 valence electrons. The Balaban J connectivity index is 1.96. The van der Waals surface area contributed by atoms with Gasteiger partial charge in [-0.15, -0.1) is 0 Å². The molecule has 1 aromatic carbocycles. The molecule has 2 heterocycles. The van der Waals surface area contributed by atoms with Gasteiger partial charge >= 0.3 is 0 Å². The molecule has 2 unspecified atom stereocenters. The van der Waals surface area contributed by atoms with E-state index in [9.17, 15) is 4.79 Å². The predicted molar refractivity (Wildman–Crippen MR) is 85.8 cm³/mol. The van der Waals surface area contributed by atoms with Crippen LogP contribution < -0.4 is 0 Å². The van der Waals surface area contributed by atoms with Crippen molar-refractivity contribution in [3.8, 4) is 0 Å². The summed E-state index contributed by atoms with van der Waals surface area (Å²) in [6, 6.07) is 9.63. The zero-order chi connectivity index (χ0) is 14.8. The van der Waals surface area contributed by atoms with Crippen LogP contribution >= 0.6 is 15.9 Å². The first kappa shape index (κ1) is 14.5. The number of fused-ring (bicyclic) bond motifs is 1. The van der Waals surface area contributed by atoms with E-state index in [1.165, 1.54) is 0 Å². The summed E-state index contributed by atoms with van der Waals surface area (Å²) >= 11 is 3.43. The average Bonchev–Trinajstić information content (AvgIpc) is 2.54. The number of nitrogens with zero attached hydrogens (tertiary/aromatic N) is 2. The number of halogens is 1. The van der Waals surface area contributed by atoms with E-state index in [1.807, 2.05) is 36.1 Å². The topological polar surface area (TPSA) is 42.4 Å². The summed E-state index contributed by atoms with van der Waals surface area (Å²) in [6.07, 6.45) is 1.75. The van der Waals surface area contributed by atoms with E-state index in [4.69, 9.17) is 4.74 Å². The molecule has 5 heteroatoms. The van der Waals surface area contributed by atoms with Gasteiger partial charge < -0.3 is 9.64 Å². The molecule has 0 aliphatic carbocycles. The number of morpholine rings is 1. The lowest BCUT2D eigenvalue weighted by Gasteiger charge is -2.37. The molecule has 3 rings (SSSR count). The third-order valence-electron chi connectivity index (χ3n) is 3.82. The van der Waals surface area contributed by atoms with E-state index < -0.39 is 0 Å². The second-order valence-corrected chi connectivity index (χ2v) is 5.94. The number of rotatable bonds is 2. The van der Waals surface area contributed by atoms with Crippen molar-refractivity contribution in [2.24, 2.45) is 0 Å². The number of carbonyl (C=O) groups excluding carboxylic acids is 1. The number of hydrogen-bond donors (Lipinski definition) is 0. The van der Waals surface area contributed by atoms with Crippen LogP contribution in [0.15, 0.2) is 36.5 Å². The Morgan fingerprint density at radius 2 is 2.24 bits per heavy atom. The van der Waals surface area contributed by atoms with Gasteiger partial charge in [0.05, 0.1) is 29.8 Å². The molecule has 1 aliphatic rings. The van der Waals surface area contributed by atoms with E-state index in [1.54, 1.807) is 12.3 Å². The maximum atomic E-state index is 12.9. The molecule has 21 heavy (non-hydrogen) atoms. The van der Waals surface area contributed by atoms with Crippen molar-refractivity contribution in [1.29, 1.82) is 0 Å². The molecular weight excluding hydrogens is 332 g/mol. The summed E-state index contributed by atoms with van der Waals surface area (Å²) in [5.41, 5.74) is 1.56. The Bertz CT molecular complexity index is 656. The fourth-order valence-corrected chi connectivity index (χ4v) is 3.02. The highest BCUT2D eigenvalue weighted by molar-refractivity contribution is 9.09. The molecule has 0 spiro atoms. The van der Waals surface area contributed by atoms with Gasteiger partial charge in [-0.2, -0.15) is 0 Å². The van der Waals surface area contributed by atoms with Gasteiger partial charge in [0.1, 0.15) is 0 Å². The molecule has 1 aliphatic heterocycles. The Hall–Kier alpha value is -1.46.